The molecule has 2 atom stereocenters. The number of hydrogen-bond donors (Lipinski definition) is 3. The SMILES string of the molecule is NC[C@H]1C[C@@H](O)CN1c1cc(NC2CCC(c3ccccc3)CC2)ncn1. The molecule has 2 heterocycles. The molecule has 4 N–H and O–H groups in total. The molecule has 0 bridgehead atoms. The molecule has 2 aliphatic rings. The van der Waals surface area contributed by atoms with Gasteiger partial charge in [-0.3, -0.25) is 0 Å². The summed E-state index contributed by atoms with van der Waals surface area (Å²) in [6.07, 6.45) is 6.66. The Balaban J connectivity index is 1.37. The Bertz CT molecular complexity index is 732. The minimum atomic E-state index is -0.335. The standard InChI is InChI=1S/C21H29N5O/c22-12-18-10-19(27)13-26(18)21-11-20(23-14-24-21)25-17-8-6-16(7-9-17)15-4-2-1-3-5-15/h1-5,11,14,16-19,27H,6-10,12-13,22H2,(H,23,24,25)/t16?,17?,18-,19-/m1/s1. The summed E-state index contributed by atoms with van der Waals surface area (Å²) >= 11 is 0. The normalized spacial score (nSPS) is 28.3. The van der Waals surface area contributed by atoms with Gasteiger partial charge in [0.2, 0.25) is 0 Å². The van der Waals surface area contributed by atoms with Gasteiger partial charge >= 0.3 is 0 Å². The Morgan fingerprint density at radius 1 is 1.11 bits per heavy atom. The number of rotatable bonds is 5. The van der Waals surface area contributed by atoms with Crippen molar-refractivity contribution < 1.29 is 5.11 Å². The first kappa shape index (κ1) is 18.2. The van der Waals surface area contributed by atoms with E-state index in [9.17, 15) is 5.11 Å². The molecule has 0 spiro atoms. The highest BCUT2D eigenvalue weighted by Crippen LogP contribution is 2.34. The highest BCUT2D eigenvalue weighted by molar-refractivity contribution is 5.50. The number of nitrogens with two attached hydrogens (primary N) is 1. The predicted octanol–water partition coefficient (Wildman–Crippen LogP) is 2.51. The smallest absolute Gasteiger partial charge is 0.134 e. The van der Waals surface area contributed by atoms with E-state index < -0.39 is 0 Å². The fourth-order valence-electron chi connectivity index (χ4n) is 4.48. The summed E-state index contributed by atoms with van der Waals surface area (Å²) in [4.78, 5) is 10.9. The van der Waals surface area contributed by atoms with Crippen molar-refractivity contribution in [1.82, 2.24) is 9.97 Å². The fraction of sp³-hybridized carbons (Fsp3) is 0.524. The molecule has 1 saturated heterocycles. The maximum Gasteiger partial charge on any atom is 0.134 e. The van der Waals surface area contributed by atoms with E-state index in [4.69, 9.17) is 5.73 Å². The molecule has 144 valence electrons. The van der Waals surface area contributed by atoms with Gasteiger partial charge in [-0.05, 0) is 43.6 Å². The van der Waals surface area contributed by atoms with Crippen LogP contribution in [0.3, 0.4) is 0 Å². The molecule has 1 aromatic carbocycles. The molecule has 1 aliphatic heterocycles. The van der Waals surface area contributed by atoms with Crippen molar-refractivity contribution in [2.24, 2.45) is 5.73 Å². The lowest BCUT2D eigenvalue weighted by atomic mass is 9.82. The van der Waals surface area contributed by atoms with Crippen molar-refractivity contribution in [2.45, 2.75) is 56.2 Å². The van der Waals surface area contributed by atoms with E-state index in [0.717, 1.165) is 24.5 Å². The number of nitrogens with one attached hydrogen (secondary N) is 1. The third-order valence-corrected chi connectivity index (χ3v) is 5.96. The van der Waals surface area contributed by atoms with Crippen molar-refractivity contribution in [3.05, 3.63) is 48.3 Å². The van der Waals surface area contributed by atoms with Gasteiger partial charge in [-0.15, -0.1) is 0 Å². The number of β-amino-alcohol motifs (C(OH)–C–C–N with tert-alkyl or cyclic N) is 1. The lowest BCUT2D eigenvalue weighted by molar-refractivity contribution is 0.194. The zero-order valence-corrected chi connectivity index (χ0v) is 15.7. The van der Waals surface area contributed by atoms with Crippen molar-refractivity contribution in [3.8, 4) is 0 Å². The van der Waals surface area contributed by atoms with Gasteiger partial charge in [0.15, 0.2) is 0 Å². The van der Waals surface area contributed by atoms with E-state index in [1.54, 1.807) is 6.33 Å². The van der Waals surface area contributed by atoms with Gasteiger partial charge in [0.25, 0.3) is 0 Å². The second-order valence-electron chi connectivity index (χ2n) is 7.80. The van der Waals surface area contributed by atoms with Gasteiger partial charge in [0.1, 0.15) is 18.0 Å². The first-order valence-electron chi connectivity index (χ1n) is 10.0. The van der Waals surface area contributed by atoms with Crippen LogP contribution in [0.15, 0.2) is 42.7 Å². The van der Waals surface area contributed by atoms with Crippen LogP contribution in [0.4, 0.5) is 11.6 Å². The first-order valence-corrected chi connectivity index (χ1v) is 10.0. The number of nitrogens with zero attached hydrogens (tertiary/aromatic N) is 3. The summed E-state index contributed by atoms with van der Waals surface area (Å²) in [6.45, 7) is 1.10. The van der Waals surface area contributed by atoms with Gasteiger partial charge in [-0.2, -0.15) is 0 Å². The van der Waals surface area contributed by atoms with Crippen LogP contribution in [0.1, 0.15) is 43.6 Å². The molecule has 4 rings (SSSR count). The number of aromatic nitrogens is 2. The van der Waals surface area contributed by atoms with Crippen LogP contribution in [-0.4, -0.2) is 46.4 Å². The van der Waals surface area contributed by atoms with Crippen molar-refractivity contribution in [2.75, 3.05) is 23.3 Å². The topological polar surface area (TPSA) is 87.3 Å². The number of benzene rings is 1. The lowest BCUT2D eigenvalue weighted by Crippen LogP contribution is -2.36. The van der Waals surface area contributed by atoms with Crippen LogP contribution in [0.2, 0.25) is 0 Å². The Morgan fingerprint density at radius 2 is 1.89 bits per heavy atom. The van der Waals surface area contributed by atoms with Crippen LogP contribution in [0.25, 0.3) is 0 Å². The fourth-order valence-corrected chi connectivity index (χ4v) is 4.48. The summed E-state index contributed by atoms with van der Waals surface area (Å²) in [6, 6.07) is 13.4. The van der Waals surface area contributed by atoms with Gasteiger partial charge in [0, 0.05) is 31.2 Å². The molecule has 0 unspecified atom stereocenters. The highest BCUT2D eigenvalue weighted by Gasteiger charge is 2.31. The van der Waals surface area contributed by atoms with E-state index in [1.165, 1.54) is 18.4 Å². The van der Waals surface area contributed by atoms with E-state index in [1.807, 2.05) is 6.07 Å². The zero-order valence-electron chi connectivity index (χ0n) is 15.7. The summed E-state index contributed by atoms with van der Waals surface area (Å²) in [5, 5.41) is 13.5. The lowest BCUT2D eigenvalue weighted by Gasteiger charge is -2.30. The third-order valence-electron chi connectivity index (χ3n) is 5.96. The van der Waals surface area contributed by atoms with Crippen molar-refractivity contribution >= 4 is 11.6 Å². The number of hydrogen-bond acceptors (Lipinski definition) is 6. The Hall–Kier alpha value is -2.18. The monoisotopic (exact) mass is 367 g/mol. The molecular weight excluding hydrogens is 338 g/mol. The molecule has 2 fully saturated rings. The van der Waals surface area contributed by atoms with Gasteiger partial charge in [0.05, 0.1) is 6.10 Å². The van der Waals surface area contributed by atoms with Gasteiger partial charge < -0.3 is 21.1 Å². The van der Waals surface area contributed by atoms with Crippen LogP contribution in [0, 0.1) is 0 Å². The summed E-state index contributed by atoms with van der Waals surface area (Å²) in [7, 11) is 0. The summed E-state index contributed by atoms with van der Waals surface area (Å²) in [5.74, 6) is 2.37. The maximum absolute atomic E-state index is 9.96. The number of aliphatic hydroxyl groups is 1. The second-order valence-corrected chi connectivity index (χ2v) is 7.80. The molecule has 0 amide bonds. The van der Waals surface area contributed by atoms with Gasteiger partial charge in [-0.25, -0.2) is 9.97 Å². The summed E-state index contributed by atoms with van der Waals surface area (Å²) in [5.41, 5.74) is 7.32. The highest BCUT2D eigenvalue weighted by atomic mass is 16.3. The van der Waals surface area contributed by atoms with E-state index in [-0.39, 0.29) is 12.1 Å². The maximum atomic E-state index is 9.96. The predicted molar refractivity (Wildman–Crippen MR) is 108 cm³/mol. The molecule has 0 radical (unpaired) electrons. The molecule has 1 saturated carbocycles. The summed E-state index contributed by atoms with van der Waals surface area (Å²) < 4.78 is 0. The number of aliphatic hydroxyl groups excluding tert-OH is 1. The minimum absolute atomic E-state index is 0.143. The van der Waals surface area contributed by atoms with E-state index >= 15 is 0 Å². The minimum Gasteiger partial charge on any atom is -0.391 e. The average molecular weight is 367 g/mol. The van der Waals surface area contributed by atoms with Crippen LogP contribution < -0.4 is 16.0 Å². The molecule has 1 aliphatic carbocycles. The van der Waals surface area contributed by atoms with E-state index in [2.05, 4.69) is 50.5 Å². The molecule has 2 aromatic rings. The van der Waals surface area contributed by atoms with Crippen molar-refractivity contribution in [1.29, 1.82) is 0 Å². The quantitative estimate of drug-likeness (QED) is 0.753. The van der Waals surface area contributed by atoms with Crippen LogP contribution in [0.5, 0.6) is 0 Å². The Morgan fingerprint density at radius 3 is 2.63 bits per heavy atom. The van der Waals surface area contributed by atoms with Crippen LogP contribution in [-0.2, 0) is 0 Å². The van der Waals surface area contributed by atoms with Gasteiger partial charge in [-0.1, -0.05) is 30.3 Å². The second kappa shape index (κ2) is 8.23. The molecule has 1 aromatic heterocycles. The third kappa shape index (κ3) is 4.22. The Labute approximate surface area is 160 Å². The molecule has 27 heavy (non-hydrogen) atoms. The van der Waals surface area contributed by atoms with Crippen molar-refractivity contribution in [3.63, 3.8) is 0 Å². The molecule has 6 heteroatoms. The van der Waals surface area contributed by atoms with Crippen LogP contribution >= 0.6 is 0 Å². The Kier molecular flexibility index (Phi) is 5.55. The molecular formula is C21H29N5O. The molecule has 6 nitrogen and oxygen atoms in total. The van der Waals surface area contributed by atoms with E-state index in [0.29, 0.717) is 31.5 Å². The average Bonchev–Trinajstić information content (AvgIpc) is 3.10. The zero-order chi connectivity index (χ0) is 18.6. The first-order chi connectivity index (χ1) is 13.2. The number of anilines is 2. The largest absolute Gasteiger partial charge is 0.391 e.